The highest BCUT2D eigenvalue weighted by Crippen LogP contribution is 2.15. The highest BCUT2D eigenvalue weighted by Gasteiger charge is 2.10. The van der Waals surface area contributed by atoms with Gasteiger partial charge < -0.3 is 10.6 Å². The van der Waals surface area contributed by atoms with Gasteiger partial charge in [0.25, 0.3) is 0 Å². The summed E-state index contributed by atoms with van der Waals surface area (Å²) in [5.74, 6) is 2.09. The van der Waals surface area contributed by atoms with E-state index >= 15 is 0 Å². The minimum Gasteiger partial charge on any atom is -0.350 e. The molecule has 0 amide bonds. The molecule has 2 N–H and O–H groups in total. The van der Waals surface area contributed by atoms with E-state index in [-0.39, 0.29) is 0 Å². The SMILES string of the molecule is C/C=C/C1=CC(Nc2nc(/C=C/c3cccc(Cl)c3)nc(NCc3cccnc3)n2)=NC1. The van der Waals surface area contributed by atoms with Crippen LogP contribution < -0.4 is 10.6 Å². The minimum absolute atomic E-state index is 0.413. The third kappa shape index (κ3) is 6.09. The van der Waals surface area contributed by atoms with Crippen LogP contribution in [0, 0.1) is 0 Å². The molecule has 8 heteroatoms. The topological polar surface area (TPSA) is 88.0 Å². The van der Waals surface area contributed by atoms with E-state index in [1.54, 1.807) is 12.4 Å². The molecule has 0 fully saturated rings. The number of hydrogen-bond donors (Lipinski definition) is 2. The molecule has 0 saturated heterocycles. The number of amidine groups is 1. The lowest BCUT2D eigenvalue weighted by atomic mass is 10.2. The number of halogens is 1. The summed E-state index contributed by atoms with van der Waals surface area (Å²) in [5.41, 5.74) is 3.11. The Labute approximate surface area is 191 Å². The van der Waals surface area contributed by atoms with Crippen LogP contribution in [-0.2, 0) is 6.54 Å². The monoisotopic (exact) mass is 443 g/mol. The van der Waals surface area contributed by atoms with Gasteiger partial charge >= 0.3 is 0 Å². The van der Waals surface area contributed by atoms with Crippen LogP contribution in [0.4, 0.5) is 11.9 Å². The molecular weight excluding hydrogens is 422 g/mol. The molecular formula is C24H22ClN7. The van der Waals surface area contributed by atoms with E-state index in [2.05, 4.69) is 35.6 Å². The second-order valence-corrected chi connectivity index (χ2v) is 7.43. The van der Waals surface area contributed by atoms with Gasteiger partial charge in [0.2, 0.25) is 11.9 Å². The van der Waals surface area contributed by atoms with Gasteiger partial charge in [0.15, 0.2) is 5.82 Å². The number of rotatable bonds is 7. The van der Waals surface area contributed by atoms with Crippen molar-refractivity contribution in [2.24, 2.45) is 4.99 Å². The van der Waals surface area contributed by atoms with Crippen molar-refractivity contribution in [2.75, 3.05) is 17.2 Å². The largest absolute Gasteiger partial charge is 0.350 e. The number of hydrogen-bond acceptors (Lipinski definition) is 7. The Hall–Kier alpha value is -3.84. The van der Waals surface area contributed by atoms with E-state index in [1.165, 1.54) is 0 Å². The molecule has 0 saturated carbocycles. The van der Waals surface area contributed by atoms with Crippen LogP contribution in [-0.4, -0.2) is 32.3 Å². The van der Waals surface area contributed by atoms with E-state index in [4.69, 9.17) is 11.6 Å². The lowest BCUT2D eigenvalue weighted by molar-refractivity contribution is 0.992. The van der Waals surface area contributed by atoms with Crippen LogP contribution in [0.1, 0.15) is 23.9 Å². The molecule has 1 aliphatic rings. The van der Waals surface area contributed by atoms with E-state index in [9.17, 15) is 0 Å². The number of aliphatic imine (C=N–C) groups is 1. The lowest BCUT2D eigenvalue weighted by Gasteiger charge is -2.08. The van der Waals surface area contributed by atoms with Gasteiger partial charge in [-0.25, -0.2) is 0 Å². The van der Waals surface area contributed by atoms with Crippen LogP contribution in [0.3, 0.4) is 0 Å². The van der Waals surface area contributed by atoms with Crippen molar-refractivity contribution in [1.29, 1.82) is 0 Å². The minimum atomic E-state index is 0.413. The van der Waals surface area contributed by atoms with Crippen molar-refractivity contribution in [2.45, 2.75) is 13.5 Å². The summed E-state index contributed by atoms with van der Waals surface area (Å²) in [6, 6.07) is 11.5. The molecule has 0 unspecified atom stereocenters. The molecule has 0 radical (unpaired) electrons. The number of nitrogens with one attached hydrogen (secondary N) is 2. The fraction of sp³-hybridized carbons (Fsp3) is 0.125. The van der Waals surface area contributed by atoms with Crippen LogP contribution in [0.5, 0.6) is 0 Å². The summed E-state index contributed by atoms with van der Waals surface area (Å²) in [7, 11) is 0. The molecule has 0 atom stereocenters. The Balaban J connectivity index is 1.57. The van der Waals surface area contributed by atoms with Gasteiger partial charge in [-0.1, -0.05) is 48.0 Å². The first-order chi connectivity index (χ1) is 15.7. The van der Waals surface area contributed by atoms with Crippen molar-refractivity contribution in [3.05, 3.63) is 94.6 Å². The maximum absolute atomic E-state index is 6.08. The summed E-state index contributed by atoms with van der Waals surface area (Å²) in [6.45, 7) is 3.16. The zero-order chi connectivity index (χ0) is 22.2. The molecule has 0 aliphatic carbocycles. The Morgan fingerprint density at radius 3 is 2.75 bits per heavy atom. The van der Waals surface area contributed by atoms with Crippen molar-refractivity contribution in [1.82, 2.24) is 19.9 Å². The molecule has 0 spiro atoms. The molecule has 1 aromatic carbocycles. The first-order valence-electron chi connectivity index (χ1n) is 10.2. The van der Waals surface area contributed by atoms with Gasteiger partial charge in [-0.15, -0.1) is 0 Å². The third-order valence-electron chi connectivity index (χ3n) is 4.47. The maximum atomic E-state index is 6.08. The van der Waals surface area contributed by atoms with Crippen LogP contribution in [0.15, 0.2) is 77.6 Å². The average molecular weight is 444 g/mol. The Bertz CT molecular complexity index is 1200. The molecule has 1 aliphatic heterocycles. The van der Waals surface area contributed by atoms with Gasteiger partial charge in [0, 0.05) is 24.0 Å². The summed E-state index contributed by atoms with van der Waals surface area (Å²) in [5, 5.41) is 7.10. The Kier molecular flexibility index (Phi) is 6.99. The predicted octanol–water partition coefficient (Wildman–Crippen LogP) is 5.03. The normalized spacial score (nSPS) is 13.4. The molecule has 0 bridgehead atoms. The quantitative estimate of drug-likeness (QED) is 0.532. The first kappa shape index (κ1) is 21.4. The Morgan fingerprint density at radius 2 is 1.94 bits per heavy atom. The molecule has 2 aromatic heterocycles. The van der Waals surface area contributed by atoms with E-state index < -0.39 is 0 Å². The molecule has 3 aromatic rings. The van der Waals surface area contributed by atoms with Gasteiger partial charge in [-0.2, -0.15) is 15.0 Å². The van der Waals surface area contributed by atoms with Crippen molar-refractivity contribution in [3.8, 4) is 0 Å². The van der Waals surface area contributed by atoms with E-state index in [1.807, 2.05) is 73.7 Å². The Morgan fingerprint density at radius 1 is 1.03 bits per heavy atom. The highest BCUT2D eigenvalue weighted by molar-refractivity contribution is 6.30. The van der Waals surface area contributed by atoms with E-state index in [0.29, 0.717) is 41.7 Å². The fourth-order valence-corrected chi connectivity index (χ4v) is 3.21. The second kappa shape index (κ2) is 10.5. The third-order valence-corrected chi connectivity index (χ3v) is 4.71. The molecule has 3 heterocycles. The number of anilines is 2. The number of allylic oxidation sites excluding steroid dienone is 1. The predicted molar refractivity (Wildman–Crippen MR) is 131 cm³/mol. The number of nitrogens with zero attached hydrogens (tertiary/aromatic N) is 5. The van der Waals surface area contributed by atoms with Gasteiger partial charge in [0.05, 0.1) is 6.54 Å². The summed E-state index contributed by atoms with van der Waals surface area (Å²) >= 11 is 6.08. The number of aromatic nitrogens is 4. The molecule has 32 heavy (non-hydrogen) atoms. The molecule has 4 rings (SSSR count). The maximum Gasteiger partial charge on any atom is 0.233 e. The zero-order valence-corrected chi connectivity index (χ0v) is 18.3. The standard InChI is InChI=1S/C24H22ClN7/c1-2-5-18-13-22(27-15-18)31-24-30-21(10-9-17-6-3-8-20(25)12-17)29-23(32-24)28-16-19-7-4-11-26-14-19/h2-14H,15-16H2,1H3,(H2,27,28,29,30,31,32)/b5-2+,10-9+. The summed E-state index contributed by atoms with van der Waals surface area (Å²) < 4.78 is 0. The summed E-state index contributed by atoms with van der Waals surface area (Å²) in [4.78, 5) is 22.2. The highest BCUT2D eigenvalue weighted by atomic mass is 35.5. The van der Waals surface area contributed by atoms with E-state index in [0.717, 1.165) is 16.7 Å². The number of benzene rings is 1. The van der Waals surface area contributed by atoms with Crippen molar-refractivity contribution < 1.29 is 0 Å². The lowest BCUT2D eigenvalue weighted by Crippen LogP contribution is -2.14. The zero-order valence-electron chi connectivity index (χ0n) is 17.5. The van der Waals surface area contributed by atoms with Gasteiger partial charge in [-0.3, -0.25) is 9.98 Å². The molecule has 160 valence electrons. The molecule has 7 nitrogen and oxygen atoms in total. The number of pyridine rings is 1. The van der Waals surface area contributed by atoms with Crippen molar-refractivity contribution in [3.63, 3.8) is 0 Å². The van der Waals surface area contributed by atoms with Crippen LogP contribution in [0.2, 0.25) is 5.02 Å². The van der Waals surface area contributed by atoms with Gasteiger partial charge in [-0.05, 0) is 54.0 Å². The van der Waals surface area contributed by atoms with Crippen LogP contribution >= 0.6 is 11.6 Å². The fourth-order valence-electron chi connectivity index (χ4n) is 3.02. The van der Waals surface area contributed by atoms with Gasteiger partial charge in [0.1, 0.15) is 5.84 Å². The smallest absolute Gasteiger partial charge is 0.233 e. The first-order valence-corrected chi connectivity index (χ1v) is 10.5. The average Bonchev–Trinajstić information content (AvgIpc) is 3.24. The van der Waals surface area contributed by atoms with Crippen LogP contribution in [0.25, 0.3) is 12.2 Å². The summed E-state index contributed by atoms with van der Waals surface area (Å²) in [6.07, 6.45) is 13.3. The second-order valence-electron chi connectivity index (χ2n) is 6.99. The van der Waals surface area contributed by atoms with Crippen molar-refractivity contribution >= 4 is 41.5 Å².